The molecule has 8 heteroatoms. The van der Waals surface area contributed by atoms with Crippen LogP contribution < -0.4 is 0 Å². The molecule has 19 heavy (non-hydrogen) atoms. The minimum Gasteiger partial charge on any atom is -0.390 e. The Balaban J connectivity index is 2.21. The van der Waals surface area contributed by atoms with E-state index < -0.39 is 10.9 Å². The number of nitro groups is 1. The van der Waals surface area contributed by atoms with Crippen LogP contribution in [0.15, 0.2) is 29.0 Å². The van der Waals surface area contributed by atoms with Crippen molar-refractivity contribution in [1.29, 1.82) is 0 Å². The molecule has 2 rings (SSSR count). The van der Waals surface area contributed by atoms with E-state index in [1.807, 2.05) is 13.0 Å². The molecule has 0 aliphatic carbocycles. The van der Waals surface area contributed by atoms with Crippen LogP contribution in [0.3, 0.4) is 0 Å². The Morgan fingerprint density at radius 3 is 2.84 bits per heavy atom. The third-order valence-corrected chi connectivity index (χ3v) is 3.00. The molecule has 0 atom stereocenters. The van der Waals surface area contributed by atoms with E-state index in [2.05, 4.69) is 26.0 Å². The zero-order chi connectivity index (χ0) is 14.0. The molecule has 0 saturated carbocycles. The highest BCUT2D eigenvalue weighted by atomic mass is 79.9. The van der Waals surface area contributed by atoms with Crippen molar-refractivity contribution < 1.29 is 9.72 Å². The largest absolute Gasteiger partial charge is 0.492 e. The second-order valence-electron chi connectivity index (χ2n) is 3.89. The summed E-state index contributed by atoms with van der Waals surface area (Å²) in [4.78, 5) is 25.4. The van der Waals surface area contributed by atoms with Crippen LogP contribution in [0.25, 0.3) is 0 Å². The van der Waals surface area contributed by atoms with Crippen molar-refractivity contribution in [3.63, 3.8) is 0 Å². The van der Waals surface area contributed by atoms with Crippen LogP contribution in [0.2, 0.25) is 0 Å². The van der Waals surface area contributed by atoms with Crippen LogP contribution in [0.1, 0.15) is 15.9 Å². The van der Waals surface area contributed by atoms with Gasteiger partial charge in [-0.1, -0.05) is 23.8 Å². The Morgan fingerprint density at radius 2 is 2.26 bits per heavy atom. The first-order chi connectivity index (χ1) is 8.97. The highest BCUT2D eigenvalue weighted by Gasteiger charge is 2.21. The average molecular weight is 325 g/mol. The molecule has 0 bridgehead atoms. The smallest absolute Gasteiger partial charge is 0.390 e. The first-order valence-corrected chi connectivity index (χ1v) is 6.11. The van der Waals surface area contributed by atoms with Gasteiger partial charge in [-0.2, -0.15) is 4.68 Å². The van der Waals surface area contributed by atoms with Gasteiger partial charge in [0.2, 0.25) is 0 Å². The summed E-state index contributed by atoms with van der Waals surface area (Å²) >= 11 is 3.03. The Hall–Kier alpha value is -2.09. The molecular weight excluding hydrogens is 316 g/mol. The SMILES string of the molecule is Cc1cccc(C(=O)Cn2nc([N+](=O)[O-])nc2Br)c1. The molecule has 1 aromatic heterocycles. The maximum atomic E-state index is 12.0. The summed E-state index contributed by atoms with van der Waals surface area (Å²) < 4.78 is 1.31. The number of rotatable bonds is 4. The summed E-state index contributed by atoms with van der Waals surface area (Å²) in [7, 11) is 0. The summed E-state index contributed by atoms with van der Waals surface area (Å²) in [6.45, 7) is 1.78. The Labute approximate surface area is 116 Å². The number of aryl methyl sites for hydroxylation is 1. The average Bonchev–Trinajstić information content (AvgIpc) is 2.71. The molecule has 0 aliphatic rings. The number of ketones is 1. The fourth-order valence-corrected chi connectivity index (χ4v) is 1.90. The fraction of sp³-hybridized carbons (Fsp3) is 0.182. The molecule has 0 N–H and O–H groups in total. The monoisotopic (exact) mass is 324 g/mol. The Kier molecular flexibility index (Phi) is 3.70. The normalized spacial score (nSPS) is 10.4. The van der Waals surface area contributed by atoms with Crippen LogP contribution in [0.4, 0.5) is 5.95 Å². The minimum atomic E-state index is -0.710. The number of nitrogens with zero attached hydrogens (tertiary/aromatic N) is 4. The summed E-state index contributed by atoms with van der Waals surface area (Å²) in [5.74, 6) is -0.729. The van der Waals surface area contributed by atoms with Crippen molar-refractivity contribution in [1.82, 2.24) is 14.8 Å². The molecular formula is C11H9BrN4O3. The summed E-state index contributed by atoms with van der Waals surface area (Å²) in [5, 5.41) is 14.2. The van der Waals surface area contributed by atoms with Gasteiger partial charge in [-0.25, -0.2) is 0 Å². The van der Waals surface area contributed by atoms with Gasteiger partial charge in [-0.15, -0.1) is 0 Å². The predicted molar refractivity (Wildman–Crippen MR) is 69.9 cm³/mol. The quantitative estimate of drug-likeness (QED) is 0.488. The van der Waals surface area contributed by atoms with E-state index in [1.54, 1.807) is 18.2 Å². The third kappa shape index (κ3) is 3.02. The molecule has 7 nitrogen and oxygen atoms in total. The van der Waals surface area contributed by atoms with Gasteiger partial charge in [0, 0.05) is 26.6 Å². The number of hydrogen-bond acceptors (Lipinski definition) is 5. The Bertz CT molecular complexity index is 653. The summed E-state index contributed by atoms with van der Waals surface area (Å²) in [6.07, 6.45) is 0. The molecule has 0 fully saturated rings. The van der Waals surface area contributed by atoms with Crippen LogP contribution in [0, 0.1) is 17.0 Å². The molecule has 0 saturated heterocycles. The maximum Gasteiger partial charge on any atom is 0.492 e. The van der Waals surface area contributed by atoms with Gasteiger partial charge >= 0.3 is 5.95 Å². The Morgan fingerprint density at radius 1 is 1.53 bits per heavy atom. The van der Waals surface area contributed by atoms with Gasteiger partial charge in [-0.3, -0.25) is 4.79 Å². The number of hydrogen-bond donors (Lipinski definition) is 0. The van der Waals surface area contributed by atoms with E-state index in [1.165, 1.54) is 0 Å². The summed E-state index contributed by atoms with van der Waals surface area (Å²) in [5.41, 5.74) is 1.50. The number of aromatic nitrogens is 3. The lowest BCUT2D eigenvalue weighted by molar-refractivity contribution is -0.394. The third-order valence-electron chi connectivity index (χ3n) is 2.41. The minimum absolute atomic E-state index is 0.106. The van der Waals surface area contributed by atoms with Crippen molar-refractivity contribution in [3.05, 3.63) is 50.2 Å². The molecule has 98 valence electrons. The molecule has 0 spiro atoms. The van der Waals surface area contributed by atoms with E-state index in [4.69, 9.17) is 0 Å². The number of carbonyl (C=O) groups is 1. The standard InChI is InChI=1S/C11H9BrN4O3/c1-7-3-2-4-8(5-7)9(17)6-15-10(12)13-11(14-15)16(18)19/h2-5H,6H2,1H3. The number of benzene rings is 1. The zero-order valence-corrected chi connectivity index (χ0v) is 11.5. The van der Waals surface area contributed by atoms with Crippen molar-refractivity contribution in [2.45, 2.75) is 13.5 Å². The van der Waals surface area contributed by atoms with Crippen LogP contribution in [-0.4, -0.2) is 25.5 Å². The van der Waals surface area contributed by atoms with E-state index in [0.29, 0.717) is 5.56 Å². The van der Waals surface area contributed by atoms with Crippen molar-refractivity contribution in [2.24, 2.45) is 0 Å². The maximum absolute atomic E-state index is 12.0. The molecule has 1 aromatic carbocycles. The lowest BCUT2D eigenvalue weighted by Crippen LogP contribution is -2.12. The van der Waals surface area contributed by atoms with Gasteiger partial charge in [0.1, 0.15) is 6.54 Å². The van der Waals surface area contributed by atoms with Gasteiger partial charge < -0.3 is 10.1 Å². The van der Waals surface area contributed by atoms with Crippen molar-refractivity contribution >= 4 is 27.7 Å². The van der Waals surface area contributed by atoms with E-state index in [0.717, 1.165) is 10.2 Å². The molecule has 0 aliphatic heterocycles. The molecule has 0 radical (unpaired) electrons. The second-order valence-corrected chi connectivity index (χ2v) is 4.60. The van der Waals surface area contributed by atoms with Crippen LogP contribution in [0.5, 0.6) is 0 Å². The van der Waals surface area contributed by atoms with Gasteiger partial charge in [0.05, 0.1) is 0 Å². The number of carbonyl (C=O) groups excluding carboxylic acids is 1. The van der Waals surface area contributed by atoms with Gasteiger partial charge in [0.25, 0.3) is 4.73 Å². The van der Waals surface area contributed by atoms with Crippen molar-refractivity contribution in [3.8, 4) is 0 Å². The van der Waals surface area contributed by atoms with E-state index in [9.17, 15) is 14.9 Å². The second kappa shape index (κ2) is 5.27. The first kappa shape index (κ1) is 13.3. The molecule has 2 aromatic rings. The highest BCUT2D eigenvalue weighted by molar-refractivity contribution is 9.10. The highest BCUT2D eigenvalue weighted by Crippen LogP contribution is 2.13. The van der Waals surface area contributed by atoms with E-state index in [-0.39, 0.29) is 17.1 Å². The summed E-state index contributed by atoms with van der Waals surface area (Å²) in [6, 6.07) is 7.10. The number of Topliss-reactive ketones (excluding diaryl/α,β-unsaturated/α-hetero) is 1. The molecule has 0 amide bonds. The lowest BCUT2D eigenvalue weighted by atomic mass is 10.1. The first-order valence-electron chi connectivity index (χ1n) is 5.32. The van der Waals surface area contributed by atoms with Crippen molar-refractivity contribution in [2.75, 3.05) is 0 Å². The molecule has 1 heterocycles. The van der Waals surface area contributed by atoms with Gasteiger partial charge in [0.15, 0.2) is 5.78 Å². The molecule has 0 unspecified atom stereocenters. The zero-order valence-electron chi connectivity index (χ0n) is 9.91. The van der Waals surface area contributed by atoms with E-state index >= 15 is 0 Å². The van der Waals surface area contributed by atoms with Gasteiger partial charge in [-0.05, 0) is 22.9 Å². The topological polar surface area (TPSA) is 90.9 Å². The lowest BCUT2D eigenvalue weighted by Gasteiger charge is -2.00. The predicted octanol–water partition coefficient (Wildman–Crippen LogP) is 2.14. The van der Waals surface area contributed by atoms with Crippen LogP contribution >= 0.6 is 15.9 Å². The number of halogens is 1. The van der Waals surface area contributed by atoms with Crippen LogP contribution in [-0.2, 0) is 6.54 Å². The fourth-order valence-electron chi connectivity index (χ4n) is 1.54.